The summed E-state index contributed by atoms with van der Waals surface area (Å²) in [5.74, 6) is -1.40. The zero-order chi connectivity index (χ0) is 14.0. The smallest absolute Gasteiger partial charge is 0.274 e. The molecule has 2 unspecified atom stereocenters. The number of benzene rings is 1. The molecule has 1 saturated carbocycles. The van der Waals surface area contributed by atoms with Crippen molar-refractivity contribution in [1.29, 1.82) is 0 Å². The van der Waals surface area contributed by atoms with Crippen molar-refractivity contribution in [3.63, 3.8) is 0 Å². The summed E-state index contributed by atoms with van der Waals surface area (Å²) in [7, 11) is 0. The van der Waals surface area contributed by atoms with Crippen LogP contribution in [-0.2, 0) is 4.79 Å². The van der Waals surface area contributed by atoms with Gasteiger partial charge in [-0.05, 0) is 18.9 Å². The predicted octanol–water partition coefficient (Wildman–Crippen LogP) is 1.80. The maximum absolute atomic E-state index is 13.2. The average molecular weight is 267 g/mol. The predicted molar refractivity (Wildman–Crippen MR) is 67.0 cm³/mol. The van der Waals surface area contributed by atoms with Crippen LogP contribution >= 0.6 is 0 Å². The molecule has 0 saturated heterocycles. The van der Waals surface area contributed by atoms with E-state index in [0.717, 1.165) is 31.0 Å². The van der Waals surface area contributed by atoms with Crippen molar-refractivity contribution in [3.8, 4) is 0 Å². The van der Waals surface area contributed by atoms with Crippen molar-refractivity contribution < 1.29 is 14.1 Å². The molecule has 0 heterocycles. The Labute approximate surface area is 108 Å². The van der Waals surface area contributed by atoms with E-state index in [4.69, 9.17) is 5.73 Å². The van der Waals surface area contributed by atoms with Crippen LogP contribution in [0.1, 0.15) is 19.3 Å². The maximum Gasteiger partial charge on any atom is 0.274 e. The average Bonchev–Trinajstić information content (AvgIpc) is 2.74. The van der Waals surface area contributed by atoms with Gasteiger partial charge in [0.2, 0.25) is 5.91 Å². The summed E-state index contributed by atoms with van der Waals surface area (Å²) in [5.41, 5.74) is 5.48. The third-order valence-corrected chi connectivity index (χ3v) is 3.27. The van der Waals surface area contributed by atoms with Crippen LogP contribution in [0.3, 0.4) is 0 Å². The molecule has 1 aliphatic carbocycles. The van der Waals surface area contributed by atoms with Crippen molar-refractivity contribution in [1.82, 2.24) is 0 Å². The number of halogens is 1. The van der Waals surface area contributed by atoms with E-state index in [-0.39, 0.29) is 23.6 Å². The largest absolute Gasteiger partial charge is 0.327 e. The number of hydrogen-bond donors (Lipinski definition) is 2. The third-order valence-electron chi connectivity index (χ3n) is 3.27. The molecule has 0 spiro atoms. The molecule has 0 radical (unpaired) electrons. The number of nitrogens with two attached hydrogens (primary N) is 1. The summed E-state index contributed by atoms with van der Waals surface area (Å²) in [6.45, 7) is 0. The lowest BCUT2D eigenvalue weighted by molar-refractivity contribution is -0.385. The molecule has 1 fully saturated rings. The lowest BCUT2D eigenvalue weighted by Gasteiger charge is -2.15. The number of nitrogens with zero attached hydrogens (tertiary/aromatic N) is 1. The first kappa shape index (κ1) is 13.4. The second-order valence-corrected chi connectivity index (χ2v) is 4.65. The van der Waals surface area contributed by atoms with Gasteiger partial charge in [0.1, 0.15) is 5.82 Å². The van der Waals surface area contributed by atoms with E-state index in [0.29, 0.717) is 6.42 Å². The Morgan fingerprint density at radius 2 is 2.16 bits per heavy atom. The minimum atomic E-state index is -0.764. The molecule has 2 rings (SSSR count). The number of carbonyl (C=O) groups excluding carboxylic acids is 1. The van der Waals surface area contributed by atoms with E-state index in [1.54, 1.807) is 0 Å². The highest BCUT2D eigenvalue weighted by molar-refractivity contribution is 5.93. The lowest BCUT2D eigenvalue weighted by atomic mass is 10.0. The summed E-state index contributed by atoms with van der Waals surface area (Å²) in [6.07, 6.45) is 2.34. The first-order valence-corrected chi connectivity index (χ1v) is 5.99. The fourth-order valence-electron chi connectivity index (χ4n) is 2.30. The van der Waals surface area contributed by atoms with Crippen LogP contribution in [-0.4, -0.2) is 16.9 Å². The number of rotatable bonds is 3. The molecule has 1 amide bonds. The Morgan fingerprint density at radius 3 is 2.74 bits per heavy atom. The molecule has 7 heteroatoms. The number of hydrogen-bond acceptors (Lipinski definition) is 4. The number of carbonyl (C=O) groups is 1. The van der Waals surface area contributed by atoms with Crippen LogP contribution < -0.4 is 11.1 Å². The Hall–Kier alpha value is -2.02. The van der Waals surface area contributed by atoms with E-state index in [1.165, 1.54) is 0 Å². The van der Waals surface area contributed by atoms with Gasteiger partial charge >= 0.3 is 0 Å². The molecule has 0 aliphatic heterocycles. The summed E-state index contributed by atoms with van der Waals surface area (Å²) in [5, 5.41) is 13.1. The van der Waals surface area contributed by atoms with Gasteiger partial charge in [-0.25, -0.2) is 4.39 Å². The van der Waals surface area contributed by atoms with Gasteiger partial charge in [0.15, 0.2) is 0 Å². The van der Waals surface area contributed by atoms with Gasteiger partial charge in [0, 0.05) is 12.1 Å². The fourth-order valence-corrected chi connectivity index (χ4v) is 2.30. The van der Waals surface area contributed by atoms with E-state index in [9.17, 15) is 19.3 Å². The SMILES string of the molecule is NC1CCCC1C(=O)Nc1cc(F)cc([N+](=O)[O-])c1. The number of non-ortho nitro benzene ring substituents is 1. The van der Waals surface area contributed by atoms with Crippen LogP contribution in [0.4, 0.5) is 15.8 Å². The van der Waals surface area contributed by atoms with Crippen molar-refractivity contribution in [2.24, 2.45) is 11.7 Å². The number of anilines is 1. The third kappa shape index (κ3) is 3.05. The summed E-state index contributed by atoms with van der Waals surface area (Å²) in [6, 6.07) is 2.77. The van der Waals surface area contributed by atoms with Crippen LogP contribution in [0.15, 0.2) is 18.2 Å². The molecule has 0 bridgehead atoms. The highest BCUT2D eigenvalue weighted by Gasteiger charge is 2.30. The highest BCUT2D eigenvalue weighted by atomic mass is 19.1. The maximum atomic E-state index is 13.2. The molecular weight excluding hydrogens is 253 g/mol. The molecule has 19 heavy (non-hydrogen) atoms. The number of nitrogens with one attached hydrogen (secondary N) is 1. The number of nitro groups is 1. The monoisotopic (exact) mass is 267 g/mol. The topological polar surface area (TPSA) is 98.3 Å². The van der Waals surface area contributed by atoms with Gasteiger partial charge in [0.05, 0.1) is 22.6 Å². The molecule has 1 aromatic rings. The van der Waals surface area contributed by atoms with Crippen LogP contribution in [0.5, 0.6) is 0 Å². The number of amides is 1. The van der Waals surface area contributed by atoms with Gasteiger partial charge in [-0.1, -0.05) is 6.42 Å². The Bertz CT molecular complexity index is 521. The second kappa shape index (κ2) is 5.31. The zero-order valence-electron chi connectivity index (χ0n) is 10.1. The van der Waals surface area contributed by atoms with Crippen molar-refractivity contribution >= 4 is 17.3 Å². The van der Waals surface area contributed by atoms with Gasteiger partial charge < -0.3 is 11.1 Å². The van der Waals surface area contributed by atoms with Crippen molar-refractivity contribution in [2.45, 2.75) is 25.3 Å². The minimum Gasteiger partial charge on any atom is -0.327 e. The van der Waals surface area contributed by atoms with Crippen molar-refractivity contribution in [2.75, 3.05) is 5.32 Å². The number of nitro benzene ring substituents is 1. The minimum absolute atomic E-state index is 0.0794. The second-order valence-electron chi connectivity index (χ2n) is 4.65. The first-order valence-electron chi connectivity index (χ1n) is 5.99. The normalized spacial score (nSPS) is 22.2. The van der Waals surface area contributed by atoms with Crippen LogP contribution in [0, 0.1) is 21.8 Å². The molecule has 1 aromatic carbocycles. The molecule has 1 aliphatic rings. The molecule has 0 aromatic heterocycles. The van der Waals surface area contributed by atoms with E-state index >= 15 is 0 Å². The highest BCUT2D eigenvalue weighted by Crippen LogP contribution is 2.26. The zero-order valence-corrected chi connectivity index (χ0v) is 10.1. The van der Waals surface area contributed by atoms with Gasteiger partial charge in [-0.2, -0.15) is 0 Å². The fraction of sp³-hybridized carbons (Fsp3) is 0.417. The summed E-state index contributed by atoms with van der Waals surface area (Å²) in [4.78, 5) is 21.8. The quantitative estimate of drug-likeness (QED) is 0.644. The van der Waals surface area contributed by atoms with Gasteiger partial charge in [-0.15, -0.1) is 0 Å². The molecule has 3 N–H and O–H groups in total. The van der Waals surface area contributed by atoms with E-state index in [2.05, 4.69) is 5.32 Å². The van der Waals surface area contributed by atoms with Gasteiger partial charge in [0.25, 0.3) is 5.69 Å². The lowest BCUT2D eigenvalue weighted by Crippen LogP contribution is -2.34. The first-order chi connectivity index (χ1) is 8.97. The molecule has 6 nitrogen and oxygen atoms in total. The Morgan fingerprint density at radius 1 is 1.42 bits per heavy atom. The molecular formula is C12H14FN3O3. The molecule has 102 valence electrons. The van der Waals surface area contributed by atoms with Gasteiger partial charge in [-0.3, -0.25) is 14.9 Å². The van der Waals surface area contributed by atoms with E-state index < -0.39 is 16.4 Å². The Kier molecular flexibility index (Phi) is 3.75. The van der Waals surface area contributed by atoms with E-state index in [1.807, 2.05) is 0 Å². The van der Waals surface area contributed by atoms with Crippen LogP contribution in [0.25, 0.3) is 0 Å². The Balaban J connectivity index is 2.14. The summed E-state index contributed by atoms with van der Waals surface area (Å²) >= 11 is 0. The molecule has 2 atom stereocenters. The summed E-state index contributed by atoms with van der Waals surface area (Å²) < 4.78 is 13.2. The standard InChI is InChI=1S/C12H14FN3O3/c13-7-4-8(6-9(5-7)16(18)19)15-12(17)10-2-1-3-11(10)14/h4-6,10-11H,1-3,14H2,(H,15,17). The van der Waals surface area contributed by atoms with Crippen molar-refractivity contribution in [3.05, 3.63) is 34.1 Å². The van der Waals surface area contributed by atoms with Crippen LogP contribution in [0.2, 0.25) is 0 Å².